The molecule has 2 unspecified atom stereocenters. The van der Waals surface area contributed by atoms with Gasteiger partial charge in [0.05, 0.1) is 5.92 Å². The van der Waals surface area contributed by atoms with Crippen molar-refractivity contribution in [2.75, 3.05) is 24.3 Å². The minimum atomic E-state index is -0.709. The summed E-state index contributed by atoms with van der Waals surface area (Å²) in [6.45, 7) is 4.08. The summed E-state index contributed by atoms with van der Waals surface area (Å²) in [5.74, 6) is 1.13. The Balaban J connectivity index is 2.16. The average molecular weight is 307 g/mol. The van der Waals surface area contributed by atoms with Gasteiger partial charge in [0.1, 0.15) is 5.82 Å². The summed E-state index contributed by atoms with van der Waals surface area (Å²) in [5, 5.41) is 12.5. The lowest BCUT2D eigenvalue weighted by Crippen LogP contribution is -2.32. The van der Waals surface area contributed by atoms with Crippen molar-refractivity contribution in [3.05, 3.63) is 5.82 Å². The molecule has 0 aromatic carbocycles. The molecule has 0 bridgehead atoms. The molecule has 0 spiro atoms. The summed E-state index contributed by atoms with van der Waals surface area (Å²) in [6.07, 6.45) is 3.24. The molecule has 2 N–H and O–H groups in total. The molecule has 122 valence electrons. The normalized spacial score (nSPS) is 21.7. The number of hydrogen-bond acceptors (Lipinski definition) is 6. The Hall–Kier alpha value is -1.92. The molecule has 0 radical (unpaired) electrons. The van der Waals surface area contributed by atoms with E-state index in [1.807, 2.05) is 32.8 Å². The second kappa shape index (κ2) is 6.89. The van der Waals surface area contributed by atoms with Crippen molar-refractivity contribution < 1.29 is 9.90 Å². The van der Waals surface area contributed by atoms with Crippen LogP contribution < -0.4 is 10.2 Å². The molecule has 1 aromatic rings. The third-order valence-electron chi connectivity index (χ3n) is 3.91. The number of aromatic nitrogens is 3. The number of carboxylic acids is 1. The first-order chi connectivity index (χ1) is 10.4. The van der Waals surface area contributed by atoms with E-state index in [-0.39, 0.29) is 17.9 Å². The molecule has 1 aliphatic carbocycles. The van der Waals surface area contributed by atoms with E-state index in [2.05, 4.69) is 20.3 Å². The molecule has 1 fully saturated rings. The van der Waals surface area contributed by atoms with E-state index in [1.54, 1.807) is 0 Å². The molecule has 1 aromatic heterocycles. The van der Waals surface area contributed by atoms with Crippen molar-refractivity contribution in [2.24, 2.45) is 5.92 Å². The van der Waals surface area contributed by atoms with Gasteiger partial charge in [-0.05, 0) is 19.3 Å². The number of rotatable bonds is 5. The molecular formula is C15H25N5O2. The van der Waals surface area contributed by atoms with Crippen LogP contribution in [0.15, 0.2) is 0 Å². The zero-order valence-corrected chi connectivity index (χ0v) is 13.7. The van der Waals surface area contributed by atoms with Crippen molar-refractivity contribution in [1.29, 1.82) is 0 Å². The molecule has 0 saturated heterocycles. The molecule has 7 nitrogen and oxygen atoms in total. The van der Waals surface area contributed by atoms with Crippen LogP contribution in [-0.2, 0) is 4.79 Å². The van der Waals surface area contributed by atoms with Gasteiger partial charge in [0.15, 0.2) is 0 Å². The number of nitrogens with one attached hydrogen (secondary N) is 1. The first-order valence-corrected chi connectivity index (χ1v) is 7.79. The zero-order valence-electron chi connectivity index (χ0n) is 13.7. The second-order valence-corrected chi connectivity index (χ2v) is 6.41. The summed E-state index contributed by atoms with van der Waals surface area (Å²) in [7, 11) is 3.79. The molecule has 0 aliphatic heterocycles. The smallest absolute Gasteiger partial charge is 0.306 e. The molecule has 22 heavy (non-hydrogen) atoms. The Morgan fingerprint density at radius 2 is 2.00 bits per heavy atom. The van der Waals surface area contributed by atoms with Gasteiger partial charge in [-0.3, -0.25) is 4.79 Å². The molecule has 0 amide bonds. The van der Waals surface area contributed by atoms with Crippen LogP contribution in [0.5, 0.6) is 0 Å². The topological polar surface area (TPSA) is 91.2 Å². The van der Waals surface area contributed by atoms with Crippen molar-refractivity contribution in [3.8, 4) is 0 Å². The number of carboxylic acid groups (broad SMARTS) is 1. The van der Waals surface area contributed by atoms with Gasteiger partial charge in [0, 0.05) is 26.1 Å². The van der Waals surface area contributed by atoms with Crippen LogP contribution in [-0.4, -0.2) is 46.2 Å². The molecule has 1 saturated carbocycles. The van der Waals surface area contributed by atoms with Crippen LogP contribution in [0, 0.1) is 5.92 Å². The molecule has 7 heteroatoms. The van der Waals surface area contributed by atoms with Gasteiger partial charge in [-0.1, -0.05) is 20.3 Å². The largest absolute Gasteiger partial charge is 0.481 e. The predicted octanol–water partition coefficient (Wildman–Crippen LogP) is 2.12. The average Bonchev–Trinajstić information content (AvgIpc) is 2.47. The third kappa shape index (κ3) is 4.05. The SMILES string of the molecule is CC(C)c1nc(NC2CCCC(C(=O)O)C2)nc(N(C)C)n1. The number of carbonyl (C=O) groups is 1. The van der Waals surface area contributed by atoms with Gasteiger partial charge in [-0.15, -0.1) is 0 Å². The van der Waals surface area contributed by atoms with E-state index in [4.69, 9.17) is 0 Å². The molecule has 1 heterocycles. The summed E-state index contributed by atoms with van der Waals surface area (Å²) in [5.41, 5.74) is 0. The minimum Gasteiger partial charge on any atom is -0.481 e. The third-order valence-corrected chi connectivity index (χ3v) is 3.91. The first-order valence-electron chi connectivity index (χ1n) is 7.79. The lowest BCUT2D eigenvalue weighted by Gasteiger charge is -2.27. The maximum atomic E-state index is 11.2. The molecule has 2 rings (SSSR count). The lowest BCUT2D eigenvalue weighted by molar-refractivity contribution is -0.142. The zero-order chi connectivity index (χ0) is 16.3. The van der Waals surface area contributed by atoms with E-state index in [0.717, 1.165) is 25.1 Å². The monoisotopic (exact) mass is 307 g/mol. The fraction of sp³-hybridized carbons (Fsp3) is 0.733. The van der Waals surface area contributed by atoms with Crippen molar-refractivity contribution in [2.45, 2.75) is 51.5 Å². The molecule has 1 aliphatic rings. The van der Waals surface area contributed by atoms with E-state index in [1.165, 1.54) is 0 Å². The maximum Gasteiger partial charge on any atom is 0.306 e. The van der Waals surface area contributed by atoms with Gasteiger partial charge in [-0.25, -0.2) is 0 Å². The van der Waals surface area contributed by atoms with E-state index in [0.29, 0.717) is 18.3 Å². The highest BCUT2D eigenvalue weighted by Crippen LogP contribution is 2.26. The van der Waals surface area contributed by atoms with Crippen LogP contribution in [0.1, 0.15) is 51.3 Å². The predicted molar refractivity (Wildman–Crippen MR) is 85.2 cm³/mol. The highest BCUT2D eigenvalue weighted by atomic mass is 16.4. The summed E-state index contributed by atoms with van der Waals surface area (Å²) in [4.78, 5) is 26.3. The summed E-state index contributed by atoms with van der Waals surface area (Å²) >= 11 is 0. The fourth-order valence-electron chi connectivity index (χ4n) is 2.63. The van der Waals surface area contributed by atoms with Crippen LogP contribution in [0.3, 0.4) is 0 Å². The van der Waals surface area contributed by atoms with Gasteiger partial charge in [-0.2, -0.15) is 15.0 Å². The Morgan fingerprint density at radius 1 is 1.27 bits per heavy atom. The summed E-state index contributed by atoms with van der Waals surface area (Å²) in [6, 6.07) is 0.104. The quantitative estimate of drug-likeness (QED) is 0.860. The van der Waals surface area contributed by atoms with Crippen LogP contribution in [0.25, 0.3) is 0 Å². The van der Waals surface area contributed by atoms with E-state index >= 15 is 0 Å². The van der Waals surface area contributed by atoms with Crippen molar-refractivity contribution >= 4 is 17.9 Å². The number of nitrogens with zero attached hydrogens (tertiary/aromatic N) is 4. The van der Waals surface area contributed by atoms with E-state index in [9.17, 15) is 9.90 Å². The Labute approximate surface area is 131 Å². The summed E-state index contributed by atoms with van der Waals surface area (Å²) < 4.78 is 0. The van der Waals surface area contributed by atoms with Gasteiger partial charge in [0.25, 0.3) is 0 Å². The highest BCUT2D eigenvalue weighted by molar-refractivity contribution is 5.70. The number of anilines is 2. The standard InChI is InChI=1S/C15H25N5O2/c1-9(2)12-17-14(19-15(18-12)20(3)4)16-11-7-5-6-10(8-11)13(21)22/h9-11H,5-8H2,1-4H3,(H,21,22)(H,16,17,18,19). The van der Waals surface area contributed by atoms with Gasteiger partial charge >= 0.3 is 5.97 Å². The molecule has 2 atom stereocenters. The van der Waals surface area contributed by atoms with Gasteiger partial charge in [0.2, 0.25) is 11.9 Å². The Kier molecular flexibility index (Phi) is 5.15. The van der Waals surface area contributed by atoms with Crippen LogP contribution in [0.2, 0.25) is 0 Å². The van der Waals surface area contributed by atoms with Gasteiger partial charge < -0.3 is 15.3 Å². The second-order valence-electron chi connectivity index (χ2n) is 6.41. The Morgan fingerprint density at radius 3 is 2.59 bits per heavy atom. The number of hydrogen-bond donors (Lipinski definition) is 2. The number of aliphatic carboxylic acids is 1. The van der Waals surface area contributed by atoms with Crippen LogP contribution in [0.4, 0.5) is 11.9 Å². The minimum absolute atomic E-state index is 0.104. The van der Waals surface area contributed by atoms with E-state index < -0.39 is 5.97 Å². The lowest BCUT2D eigenvalue weighted by atomic mass is 9.86. The Bertz CT molecular complexity index is 506. The van der Waals surface area contributed by atoms with Crippen molar-refractivity contribution in [1.82, 2.24) is 15.0 Å². The highest BCUT2D eigenvalue weighted by Gasteiger charge is 2.27. The van der Waals surface area contributed by atoms with Crippen molar-refractivity contribution in [3.63, 3.8) is 0 Å². The molecular weight excluding hydrogens is 282 g/mol. The van der Waals surface area contributed by atoms with Crippen LogP contribution >= 0.6 is 0 Å². The fourth-order valence-corrected chi connectivity index (χ4v) is 2.63. The maximum absolute atomic E-state index is 11.2. The first kappa shape index (κ1) is 16.5.